The lowest BCUT2D eigenvalue weighted by Gasteiger charge is -2.41. The Balaban J connectivity index is 1.69. The average molecular weight is 347 g/mol. The third-order valence-corrected chi connectivity index (χ3v) is 4.51. The van der Waals surface area contributed by atoms with Gasteiger partial charge in [0.2, 0.25) is 0 Å². The number of benzene rings is 1. The zero-order valence-electron chi connectivity index (χ0n) is 14.4. The number of hydrogen-bond donors (Lipinski definition) is 0. The van der Waals surface area contributed by atoms with Gasteiger partial charge in [-0.2, -0.15) is 5.10 Å². The third-order valence-electron chi connectivity index (χ3n) is 4.51. The Morgan fingerprint density at radius 1 is 1.44 bits per heavy atom. The van der Waals surface area contributed by atoms with Gasteiger partial charge in [0.15, 0.2) is 0 Å². The zero-order valence-corrected chi connectivity index (χ0v) is 14.4. The second-order valence-electron chi connectivity index (χ2n) is 6.37. The number of carbonyl (C=O) groups is 1. The van der Waals surface area contributed by atoms with Crippen LogP contribution in [0.2, 0.25) is 0 Å². The van der Waals surface area contributed by atoms with Crippen molar-refractivity contribution in [2.45, 2.75) is 18.4 Å². The monoisotopic (exact) mass is 347 g/mol. The first-order valence-corrected chi connectivity index (χ1v) is 8.23. The van der Waals surface area contributed by atoms with Crippen LogP contribution in [0.15, 0.2) is 36.7 Å². The summed E-state index contributed by atoms with van der Waals surface area (Å²) in [5, 5.41) is 4.05. The van der Waals surface area contributed by atoms with Gasteiger partial charge in [-0.05, 0) is 25.0 Å². The Kier molecular flexibility index (Phi) is 5.03. The number of piperidine rings is 1. The van der Waals surface area contributed by atoms with Crippen molar-refractivity contribution in [2.75, 3.05) is 26.8 Å². The van der Waals surface area contributed by atoms with E-state index in [0.29, 0.717) is 24.4 Å². The van der Waals surface area contributed by atoms with Crippen LogP contribution in [0.25, 0.3) is 0 Å². The summed E-state index contributed by atoms with van der Waals surface area (Å²) >= 11 is 0. The lowest BCUT2D eigenvalue weighted by atomic mass is 9.93. The van der Waals surface area contributed by atoms with Crippen LogP contribution >= 0.6 is 0 Å². The van der Waals surface area contributed by atoms with Crippen LogP contribution in [0, 0.1) is 5.82 Å². The van der Waals surface area contributed by atoms with Crippen LogP contribution in [-0.2, 0) is 11.8 Å². The summed E-state index contributed by atoms with van der Waals surface area (Å²) in [6, 6.07) is 6.01. The summed E-state index contributed by atoms with van der Waals surface area (Å²) in [6.07, 6.45) is 4.85. The molecule has 0 bridgehead atoms. The molecule has 1 amide bonds. The van der Waals surface area contributed by atoms with Gasteiger partial charge in [0.1, 0.15) is 23.8 Å². The highest BCUT2D eigenvalue weighted by molar-refractivity contribution is 5.93. The Bertz CT molecular complexity index is 749. The minimum atomic E-state index is -0.609. The molecule has 1 atom stereocenters. The molecule has 1 saturated heterocycles. The molecule has 0 aliphatic carbocycles. The highest BCUT2D eigenvalue weighted by Gasteiger charge is 2.38. The van der Waals surface area contributed by atoms with E-state index >= 15 is 0 Å². The summed E-state index contributed by atoms with van der Waals surface area (Å²) in [4.78, 5) is 14.4. The quantitative estimate of drug-likeness (QED) is 0.833. The SMILES string of the molecule is CO[C@@]1(COc2cccc(F)c2)CCCN(C(=O)c2cnn(C)c2)C1. The van der Waals surface area contributed by atoms with Gasteiger partial charge in [-0.1, -0.05) is 6.07 Å². The molecule has 0 N–H and O–H groups in total. The van der Waals surface area contributed by atoms with Crippen LogP contribution in [0.4, 0.5) is 4.39 Å². The van der Waals surface area contributed by atoms with Crippen LogP contribution < -0.4 is 4.74 Å². The second kappa shape index (κ2) is 7.23. The summed E-state index contributed by atoms with van der Waals surface area (Å²) in [5.74, 6) is 0.0353. The van der Waals surface area contributed by atoms with Gasteiger partial charge in [0, 0.05) is 33.0 Å². The predicted molar refractivity (Wildman–Crippen MR) is 90.0 cm³/mol. The van der Waals surface area contributed by atoms with Gasteiger partial charge in [0.05, 0.1) is 18.3 Å². The summed E-state index contributed by atoms with van der Waals surface area (Å²) < 4.78 is 26.4. The molecule has 25 heavy (non-hydrogen) atoms. The number of amides is 1. The van der Waals surface area contributed by atoms with Crippen molar-refractivity contribution in [1.82, 2.24) is 14.7 Å². The predicted octanol–water partition coefficient (Wildman–Crippen LogP) is 2.26. The topological polar surface area (TPSA) is 56.6 Å². The molecule has 2 heterocycles. The fourth-order valence-corrected chi connectivity index (χ4v) is 3.10. The molecule has 1 fully saturated rings. The molecular formula is C18H22FN3O3. The molecule has 6 nitrogen and oxygen atoms in total. The molecule has 2 aromatic rings. The van der Waals surface area contributed by atoms with E-state index in [1.165, 1.54) is 12.1 Å². The van der Waals surface area contributed by atoms with E-state index in [1.54, 1.807) is 48.3 Å². The Morgan fingerprint density at radius 2 is 2.28 bits per heavy atom. The highest BCUT2D eigenvalue weighted by Crippen LogP contribution is 2.27. The lowest BCUT2D eigenvalue weighted by Crippen LogP contribution is -2.54. The zero-order chi connectivity index (χ0) is 17.9. The third kappa shape index (κ3) is 3.99. The number of methoxy groups -OCH3 is 1. The molecule has 1 aromatic carbocycles. The Hall–Kier alpha value is -2.41. The maximum Gasteiger partial charge on any atom is 0.257 e. The van der Waals surface area contributed by atoms with Gasteiger partial charge in [-0.15, -0.1) is 0 Å². The molecule has 3 rings (SSSR count). The molecule has 1 aromatic heterocycles. The molecule has 0 spiro atoms. The maximum atomic E-state index is 13.3. The van der Waals surface area contributed by atoms with E-state index in [4.69, 9.17) is 9.47 Å². The van der Waals surface area contributed by atoms with Crippen molar-refractivity contribution in [3.05, 3.63) is 48.0 Å². The number of nitrogens with zero attached hydrogens (tertiary/aromatic N) is 3. The van der Waals surface area contributed by atoms with Crippen LogP contribution in [0.1, 0.15) is 23.2 Å². The minimum absolute atomic E-state index is 0.0695. The van der Waals surface area contributed by atoms with Gasteiger partial charge in [-0.25, -0.2) is 4.39 Å². The Morgan fingerprint density at radius 3 is 2.96 bits per heavy atom. The van der Waals surface area contributed by atoms with E-state index in [9.17, 15) is 9.18 Å². The second-order valence-corrected chi connectivity index (χ2v) is 6.37. The summed E-state index contributed by atoms with van der Waals surface area (Å²) in [6.45, 7) is 1.34. The first-order chi connectivity index (χ1) is 12.0. The van der Waals surface area contributed by atoms with E-state index in [-0.39, 0.29) is 18.3 Å². The van der Waals surface area contributed by atoms with Crippen LogP contribution in [-0.4, -0.2) is 53.0 Å². The number of aryl methyl sites for hydroxylation is 1. The molecule has 1 aliphatic heterocycles. The van der Waals surface area contributed by atoms with Crippen molar-refractivity contribution in [3.8, 4) is 5.75 Å². The normalized spacial score (nSPS) is 20.5. The van der Waals surface area contributed by atoms with Gasteiger partial charge < -0.3 is 14.4 Å². The van der Waals surface area contributed by atoms with Gasteiger partial charge in [-0.3, -0.25) is 9.48 Å². The summed E-state index contributed by atoms with van der Waals surface area (Å²) in [5.41, 5.74) is -0.0527. The van der Waals surface area contributed by atoms with Crippen molar-refractivity contribution >= 4 is 5.91 Å². The lowest BCUT2D eigenvalue weighted by molar-refractivity contribution is -0.0825. The van der Waals surface area contributed by atoms with Crippen LogP contribution in [0.5, 0.6) is 5.75 Å². The van der Waals surface area contributed by atoms with Crippen molar-refractivity contribution in [3.63, 3.8) is 0 Å². The molecular weight excluding hydrogens is 325 g/mol. The van der Waals surface area contributed by atoms with Gasteiger partial charge in [0.25, 0.3) is 5.91 Å². The first-order valence-electron chi connectivity index (χ1n) is 8.23. The fraction of sp³-hybridized carbons (Fsp3) is 0.444. The van der Waals surface area contributed by atoms with Crippen molar-refractivity contribution in [2.24, 2.45) is 7.05 Å². The molecule has 0 radical (unpaired) electrons. The van der Waals surface area contributed by atoms with E-state index in [2.05, 4.69) is 5.10 Å². The number of rotatable bonds is 5. The highest BCUT2D eigenvalue weighted by atomic mass is 19.1. The average Bonchev–Trinajstić information content (AvgIpc) is 3.06. The summed E-state index contributed by atoms with van der Waals surface area (Å²) in [7, 11) is 3.40. The van der Waals surface area contributed by atoms with E-state index < -0.39 is 5.60 Å². The largest absolute Gasteiger partial charge is 0.490 e. The maximum absolute atomic E-state index is 13.3. The molecule has 1 aliphatic rings. The number of halogens is 1. The molecule has 134 valence electrons. The van der Waals surface area contributed by atoms with E-state index in [0.717, 1.165) is 12.8 Å². The first kappa shape index (κ1) is 17.4. The molecule has 0 saturated carbocycles. The van der Waals surface area contributed by atoms with Crippen molar-refractivity contribution < 1.29 is 18.7 Å². The minimum Gasteiger partial charge on any atom is -0.490 e. The molecule has 7 heteroatoms. The Labute approximate surface area is 146 Å². The van der Waals surface area contributed by atoms with Crippen molar-refractivity contribution in [1.29, 1.82) is 0 Å². The smallest absolute Gasteiger partial charge is 0.257 e. The number of ether oxygens (including phenoxy) is 2. The molecule has 0 unspecified atom stereocenters. The van der Waals surface area contributed by atoms with Crippen LogP contribution in [0.3, 0.4) is 0 Å². The standard InChI is InChI=1S/C18H22FN3O3/c1-21-11-14(10-20-21)17(23)22-8-4-7-18(12-22,24-2)13-25-16-6-3-5-15(19)9-16/h3,5-6,9-11H,4,7-8,12-13H2,1-2H3/t18-/m0/s1. The van der Waals surface area contributed by atoms with Gasteiger partial charge >= 0.3 is 0 Å². The number of hydrogen-bond acceptors (Lipinski definition) is 4. The number of aromatic nitrogens is 2. The number of likely N-dealkylation sites (tertiary alicyclic amines) is 1. The van der Waals surface area contributed by atoms with E-state index in [1.807, 2.05) is 0 Å². The number of carbonyl (C=O) groups excluding carboxylic acids is 1. The fourth-order valence-electron chi connectivity index (χ4n) is 3.10.